The molecule has 0 radical (unpaired) electrons. The van der Waals surface area contributed by atoms with Gasteiger partial charge in [0.15, 0.2) is 0 Å². The number of aryl methyl sites for hydroxylation is 1. The number of urea groups is 1. The molecule has 2 amide bonds. The van der Waals surface area contributed by atoms with Gasteiger partial charge in [0.25, 0.3) is 10.0 Å². The van der Waals surface area contributed by atoms with Crippen molar-refractivity contribution in [3.05, 3.63) is 28.8 Å². The molecule has 0 aliphatic heterocycles. The van der Waals surface area contributed by atoms with Crippen LogP contribution in [0, 0.1) is 0 Å². The van der Waals surface area contributed by atoms with E-state index < -0.39 is 16.1 Å². The van der Waals surface area contributed by atoms with Gasteiger partial charge >= 0.3 is 6.03 Å². The van der Waals surface area contributed by atoms with Gasteiger partial charge in [-0.25, -0.2) is 17.5 Å². The average molecular weight is 417 g/mol. The summed E-state index contributed by atoms with van der Waals surface area (Å²) in [6.45, 7) is 4.54. The lowest BCUT2D eigenvalue weighted by atomic mass is 10.0. The maximum absolute atomic E-state index is 12.9. The zero-order valence-electron chi connectivity index (χ0n) is 16.8. The summed E-state index contributed by atoms with van der Waals surface area (Å²) in [4.78, 5) is 12.3. The van der Waals surface area contributed by atoms with E-state index in [1.54, 1.807) is 12.1 Å². The first-order valence-corrected chi connectivity index (χ1v) is 11.7. The van der Waals surface area contributed by atoms with Crippen LogP contribution in [0.25, 0.3) is 0 Å². The molecule has 0 saturated carbocycles. The van der Waals surface area contributed by atoms with E-state index in [0.29, 0.717) is 23.6 Å². The standard InChI is InChI=1S/C20H33ClN2O3S/c1-4-6-7-8-9-10-11-12-17-16-18(21)13-14-19(17)27(25,26)23(3)20(24)22-15-5-2/h13-14,16H,4-12,15H2,1-3H3,(H,22,24). The molecule has 1 aromatic rings. The van der Waals surface area contributed by atoms with Gasteiger partial charge < -0.3 is 5.32 Å². The number of carbonyl (C=O) groups is 1. The first kappa shape index (κ1) is 23.8. The number of hydrogen-bond acceptors (Lipinski definition) is 3. The zero-order chi connectivity index (χ0) is 20.3. The van der Waals surface area contributed by atoms with Gasteiger partial charge in [0.2, 0.25) is 0 Å². The Labute approximate surface area is 169 Å². The Bertz CT molecular complexity index is 692. The molecule has 1 N–H and O–H groups in total. The number of benzene rings is 1. The van der Waals surface area contributed by atoms with Crippen LogP contribution in [0.2, 0.25) is 5.02 Å². The van der Waals surface area contributed by atoms with Gasteiger partial charge in [-0.3, -0.25) is 0 Å². The van der Waals surface area contributed by atoms with E-state index in [9.17, 15) is 13.2 Å². The number of hydrogen-bond donors (Lipinski definition) is 1. The second-order valence-corrected chi connectivity index (χ2v) is 9.20. The highest BCUT2D eigenvalue weighted by molar-refractivity contribution is 7.89. The summed E-state index contributed by atoms with van der Waals surface area (Å²) in [6.07, 6.45) is 9.45. The third-order valence-electron chi connectivity index (χ3n) is 4.52. The SMILES string of the molecule is CCCCCCCCCc1cc(Cl)ccc1S(=O)(=O)N(C)C(=O)NCCC. The van der Waals surface area contributed by atoms with Crippen molar-refractivity contribution >= 4 is 27.7 Å². The van der Waals surface area contributed by atoms with Crippen LogP contribution in [-0.2, 0) is 16.4 Å². The topological polar surface area (TPSA) is 66.5 Å². The molecule has 1 aromatic carbocycles. The number of unbranched alkanes of at least 4 members (excludes halogenated alkanes) is 6. The fourth-order valence-corrected chi connectivity index (χ4v) is 4.37. The lowest BCUT2D eigenvalue weighted by Gasteiger charge is -2.20. The highest BCUT2D eigenvalue weighted by Gasteiger charge is 2.27. The molecular formula is C20H33ClN2O3S. The van der Waals surface area contributed by atoms with Gasteiger partial charge in [0, 0.05) is 18.6 Å². The third kappa shape index (κ3) is 7.70. The Balaban J connectivity index is 2.81. The second-order valence-electron chi connectivity index (χ2n) is 6.83. The van der Waals surface area contributed by atoms with Gasteiger partial charge in [0.05, 0.1) is 4.90 Å². The maximum Gasteiger partial charge on any atom is 0.331 e. The van der Waals surface area contributed by atoms with Crippen LogP contribution >= 0.6 is 11.6 Å². The van der Waals surface area contributed by atoms with E-state index in [4.69, 9.17) is 11.6 Å². The highest BCUT2D eigenvalue weighted by atomic mass is 35.5. The van der Waals surface area contributed by atoms with Gasteiger partial charge in [-0.15, -0.1) is 0 Å². The van der Waals surface area contributed by atoms with Crippen molar-refractivity contribution in [2.45, 2.75) is 76.5 Å². The Morgan fingerprint density at radius 2 is 1.67 bits per heavy atom. The number of carbonyl (C=O) groups excluding carboxylic acids is 1. The zero-order valence-corrected chi connectivity index (χ0v) is 18.3. The van der Waals surface area contributed by atoms with Crippen molar-refractivity contribution in [1.29, 1.82) is 0 Å². The summed E-state index contributed by atoms with van der Waals surface area (Å²) in [5.41, 5.74) is 0.672. The Morgan fingerprint density at radius 3 is 2.30 bits per heavy atom. The van der Waals surface area contributed by atoms with E-state index in [1.807, 2.05) is 6.92 Å². The monoisotopic (exact) mass is 416 g/mol. The number of nitrogens with zero attached hydrogens (tertiary/aromatic N) is 1. The van der Waals surface area contributed by atoms with Crippen LogP contribution in [0.15, 0.2) is 23.1 Å². The fraction of sp³-hybridized carbons (Fsp3) is 0.650. The van der Waals surface area contributed by atoms with Crippen LogP contribution in [0.3, 0.4) is 0 Å². The molecule has 0 aliphatic carbocycles. The third-order valence-corrected chi connectivity index (χ3v) is 6.60. The molecule has 0 spiro atoms. The molecule has 0 unspecified atom stereocenters. The molecule has 0 atom stereocenters. The largest absolute Gasteiger partial charge is 0.337 e. The predicted molar refractivity (Wildman–Crippen MR) is 112 cm³/mol. The maximum atomic E-state index is 12.9. The van der Waals surface area contributed by atoms with Crippen LogP contribution < -0.4 is 5.32 Å². The Morgan fingerprint density at radius 1 is 1.04 bits per heavy atom. The summed E-state index contributed by atoms with van der Waals surface area (Å²) >= 11 is 6.09. The molecule has 0 bridgehead atoms. The Hall–Kier alpha value is -1.27. The van der Waals surface area contributed by atoms with E-state index in [0.717, 1.165) is 30.0 Å². The number of amides is 2. The van der Waals surface area contributed by atoms with Crippen molar-refractivity contribution in [1.82, 2.24) is 9.62 Å². The highest BCUT2D eigenvalue weighted by Crippen LogP contribution is 2.25. The van der Waals surface area contributed by atoms with Crippen LogP contribution in [0.4, 0.5) is 4.79 Å². The lowest BCUT2D eigenvalue weighted by molar-refractivity contribution is 0.228. The molecule has 1 rings (SSSR count). The first-order chi connectivity index (χ1) is 12.8. The van der Waals surface area contributed by atoms with Gasteiger partial charge in [0.1, 0.15) is 0 Å². The van der Waals surface area contributed by atoms with E-state index in [1.165, 1.54) is 38.8 Å². The lowest BCUT2D eigenvalue weighted by Crippen LogP contribution is -2.41. The van der Waals surface area contributed by atoms with Crippen LogP contribution in [-0.4, -0.2) is 32.3 Å². The summed E-state index contributed by atoms with van der Waals surface area (Å²) < 4.78 is 26.6. The molecule has 0 aromatic heterocycles. The molecule has 0 heterocycles. The molecule has 0 saturated heterocycles. The van der Waals surface area contributed by atoms with Crippen LogP contribution in [0.1, 0.15) is 70.8 Å². The van der Waals surface area contributed by atoms with Crippen LogP contribution in [0.5, 0.6) is 0 Å². The minimum Gasteiger partial charge on any atom is -0.337 e. The predicted octanol–water partition coefficient (Wildman–Crippen LogP) is 5.37. The molecule has 0 fully saturated rings. The number of nitrogens with one attached hydrogen (secondary N) is 1. The number of rotatable bonds is 12. The van der Waals surface area contributed by atoms with E-state index in [2.05, 4.69) is 12.2 Å². The summed E-state index contributed by atoms with van der Waals surface area (Å²) in [5, 5.41) is 3.10. The average Bonchev–Trinajstić information content (AvgIpc) is 2.64. The molecule has 5 nitrogen and oxygen atoms in total. The minimum atomic E-state index is -3.91. The Kier molecular flexibility index (Phi) is 10.8. The normalized spacial score (nSPS) is 11.4. The van der Waals surface area contributed by atoms with Crippen molar-refractivity contribution in [2.75, 3.05) is 13.6 Å². The molecule has 0 aliphatic rings. The van der Waals surface area contributed by atoms with E-state index in [-0.39, 0.29) is 4.90 Å². The quantitative estimate of drug-likeness (QED) is 0.465. The summed E-state index contributed by atoms with van der Waals surface area (Å²) in [7, 11) is -2.62. The fourth-order valence-electron chi connectivity index (χ4n) is 2.87. The molecule has 27 heavy (non-hydrogen) atoms. The number of halogens is 1. The van der Waals surface area contributed by atoms with Crippen molar-refractivity contribution in [3.8, 4) is 0 Å². The van der Waals surface area contributed by atoms with Crippen molar-refractivity contribution in [3.63, 3.8) is 0 Å². The first-order valence-electron chi connectivity index (χ1n) is 9.89. The van der Waals surface area contributed by atoms with Gasteiger partial charge in [-0.05, 0) is 43.0 Å². The molecule has 7 heteroatoms. The minimum absolute atomic E-state index is 0.159. The van der Waals surface area contributed by atoms with Gasteiger partial charge in [-0.1, -0.05) is 64.0 Å². The van der Waals surface area contributed by atoms with Gasteiger partial charge in [-0.2, -0.15) is 0 Å². The second kappa shape index (κ2) is 12.2. The molecule has 154 valence electrons. The smallest absolute Gasteiger partial charge is 0.331 e. The molecular weight excluding hydrogens is 384 g/mol. The van der Waals surface area contributed by atoms with E-state index >= 15 is 0 Å². The van der Waals surface area contributed by atoms with Crippen molar-refractivity contribution in [2.24, 2.45) is 0 Å². The summed E-state index contributed by atoms with van der Waals surface area (Å²) in [5.74, 6) is 0. The van der Waals surface area contributed by atoms with Crippen molar-refractivity contribution < 1.29 is 13.2 Å². The summed E-state index contributed by atoms with van der Waals surface area (Å²) in [6, 6.07) is 4.13. The number of sulfonamides is 1.